The van der Waals surface area contributed by atoms with E-state index in [1.807, 2.05) is 12.1 Å². The van der Waals surface area contributed by atoms with Gasteiger partial charge in [-0.2, -0.15) is 0 Å². The Morgan fingerprint density at radius 2 is 2.32 bits per heavy atom. The fraction of sp³-hybridized carbons (Fsp3) is 0.600. The quantitative estimate of drug-likeness (QED) is 0.898. The van der Waals surface area contributed by atoms with Crippen LogP contribution in [0, 0.1) is 5.41 Å². The highest BCUT2D eigenvalue weighted by atomic mass is 16.5. The smallest absolute Gasteiger partial charge is 0.119 e. The van der Waals surface area contributed by atoms with Crippen molar-refractivity contribution in [1.29, 1.82) is 0 Å². The van der Waals surface area contributed by atoms with Gasteiger partial charge in [0.2, 0.25) is 0 Å². The van der Waals surface area contributed by atoms with Crippen LogP contribution in [-0.2, 0) is 9.47 Å². The van der Waals surface area contributed by atoms with Crippen LogP contribution < -0.4 is 10.1 Å². The molecule has 0 aromatic heterocycles. The van der Waals surface area contributed by atoms with Crippen molar-refractivity contribution < 1.29 is 14.2 Å². The Labute approximate surface area is 114 Å². The van der Waals surface area contributed by atoms with Crippen LogP contribution in [0.2, 0.25) is 0 Å². The zero-order chi connectivity index (χ0) is 13.1. The minimum atomic E-state index is 0.139. The average Bonchev–Trinajstić information content (AvgIpc) is 2.44. The molecule has 0 aliphatic carbocycles. The molecule has 0 spiro atoms. The maximum atomic E-state index is 5.89. The predicted molar refractivity (Wildman–Crippen MR) is 72.4 cm³/mol. The highest BCUT2D eigenvalue weighted by Crippen LogP contribution is 2.29. The summed E-state index contributed by atoms with van der Waals surface area (Å²) in [5.74, 6) is 0.916. The van der Waals surface area contributed by atoms with E-state index >= 15 is 0 Å². The Bertz CT molecular complexity index is 425. The second-order valence-corrected chi connectivity index (χ2v) is 5.73. The molecule has 2 heterocycles. The second-order valence-electron chi connectivity index (χ2n) is 5.73. The van der Waals surface area contributed by atoms with E-state index < -0.39 is 0 Å². The van der Waals surface area contributed by atoms with Gasteiger partial charge in [0.1, 0.15) is 5.75 Å². The zero-order valence-corrected chi connectivity index (χ0v) is 11.4. The van der Waals surface area contributed by atoms with E-state index in [4.69, 9.17) is 14.2 Å². The van der Waals surface area contributed by atoms with Crippen molar-refractivity contribution in [3.63, 3.8) is 0 Å². The predicted octanol–water partition coefficient (Wildman–Crippen LogP) is 1.76. The summed E-state index contributed by atoms with van der Waals surface area (Å²) in [6, 6.07) is 8.21. The maximum absolute atomic E-state index is 5.89. The van der Waals surface area contributed by atoms with Crippen molar-refractivity contribution in [3.05, 3.63) is 29.8 Å². The largest absolute Gasteiger partial charge is 0.493 e. The lowest BCUT2D eigenvalue weighted by Crippen LogP contribution is -2.44. The molecule has 2 aliphatic rings. The molecule has 2 saturated heterocycles. The van der Waals surface area contributed by atoms with Crippen molar-refractivity contribution in [2.45, 2.75) is 13.0 Å². The molecule has 0 bridgehead atoms. The van der Waals surface area contributed by atoms with Crippen LogP contribution in [0.25, 0.3) is 0 Å². The summed E-state index contributed by atoms with van der Waals surface area (Å²) in [4.78, 5) is 0. The summed E-state index contributed by atoms with van der Waals surface area (Å²) in [5.41, 5.74) is 1.36. The molecule has 1 atom stereocenters. The first-order valence-electron chi connectivity index (χ1n) is 6.88. The molecular formula is C15H21NO3. The van der Waals surface area contributed by atoms with E-state index in [1.54, 1.807) is 0 Å². The van der Waals surface area contributed by atoms with Crippen molar-refractivity contribution in [1.82, 2.24) is 5.32 Å². The Morgan fingerprint density at radius 1 is 1.42 bits per heavy atom. The molecule has 0 radical (unpaired) electrons. The van der Waals surface area contributed by atoms with Crippen LogP contribution in [0.5, 0.6) is 5.75 Å². The lowest BCUT2D eigenvalue weighted by molar-refractivity contribution is -0.120. The Kier molecular flexibility index (Phi) is 3.73. The number of morpholine rings is 1. The van der Waals surface area contributed by atoms with Crippen LogP contribution in [0.3, 0.4) is 0 Å². The first-order valence-corrected chi connectivity index (χ1v) is 6.88. The Balaban J connectivity index is 1.62. The van der Waals surface area contributed by atoms with E-state index in [-0.39, 0.29) is 11.5 Å². The second kappa shape index (κ2) is 5.49. The number of hydrogen-bond acceptors (Lipinski definition) is 4. The Hall–Kier alpha value is -1.10. The molecule has 4 nitrogen and oxygen atoms in total. The lowest BCUT2D eigenvalue weighted by atomic mass is 9.90. The number of rotatable bonds is 4. The third-order valence-electron chi connectivity index (χ3n) is 3.65. The van der Waals surface area contributed by atoms with E-state index in [0.29, 0.717) is 6.61 Å². The molecular weight excluding hydrogens is 242 g/mol. The lowest BCUT2D eigenvalue weighted by Gasteiger charge is -2.37. The van der Waals surface area contributed by atoms with Gasteiger partial charge in [0.05, 0.1) is 32.5 Å². The highest BCUT2D eigenvalue weighted by Gasteiger charge is 2.34. The summed E-state index contributed by atoms with van der Waals surface area (Å²) >= 11 is 0. The fourth-order valence-electron chi connectivity index (χ4n) is 2.38. The standard InChI is InChI=1S/C15H21NO3/c1-15(9-17-10-15)11-19-13-4-2-3-12(7-13)14-8-16-5-6-18-14/h2-4,7,14,16H,5-6,8-11H2,1H3. The average molecular weight is 263 g/mol. The summed E-state index contributed by atoms with van der Waals surface area (Å²) < 4.78 is 16.9. The number of hydrogen-bond donors (Lipinski definition) is 1. The molecule has 2 aliphatic heterocycles. The van der Waals surface area contributed by atoms with Gasteiger partial charge >= 0.3 is 0 Å². The van der Waals surface area contributed by atoms with Gasteiger partial charge in [-0.3, -0.25) is 0 Å². The first-order chi connectivity index (χ1) is 9.25. The van der Waals surface area contributed by atoms with Gasteiger partial charge in [-0.15, -0.1) is 0 Å². The fourth-order valence-corrected chi connectivity index (χ4v) is 2.38. The number of nitrogens with one attached hydrogen (secondary N) is 1. The van der Waals surface area contributed by atoms with E-state index in [0.717, 1.165) is 38.7 Å². The molecule has 3 rings (SSSR count). The van der Waals surface area contributed by atoms with Crippen LogP contribution in [0.1, 0.15) is 18.6 Å². The number of ether oxygens (including phenoxy) is 3. The molecule has 104 valence electrons. The molecule has 1 unspecified atom stereocenters. The highest BCUT2D eigenvalue weighted by molar-refractivity contribution is 5.30. The molecule has 1 N–H and O–H groups in total. The van der Waals surface area contributed by atoms with Gasteiger partial charge in [-0.25, -0.2) is 0 Å². The van der Waals surface area contributed by atoms with E-state index in [1.165, 1.54) is 5.56 Å². The van der Waals surface area contributed by atoms with Gasteiger partial charge in [0.25, 0.3) is 0 Å². The minimum Gasteiger partial charge on any atom is -0.493 e. The van der Waals surface area contributed by atoms with Gasteiger partial charge in [0, 0.05) is 18.5 Å². The van der Waals surface area contributed by atoms with Crippen LogP contribution >= 0.6 is 0 Å². The van der Waals surface area contributed by atoms with Crippen LogP contribution in [-0.4, -0.2) is 39.5 Å². The topological polar surface area (TPSA) is 39.7 Å². The van der Waals surface area contributed by atoms with Gasteiger partial charge < -0.3 is 19.5 Å². The monoisotopic (exact) mass is 263 g/mol. The van der Waals surface area contributed by atoms with Crippen molar-refractivity contribution in [2.24, 2.45) is 5.41 Å². The van der Waals surface area contributed by atoms with E-state index in [2.05, 4.69) is 24.4 Å². The van der Waals surface area contributed by atoms with Crippen LogP contribution in [0.4, 0.5) is 0 Å². The molecule has 4 heteroatoms. The SMILES string of the molecule is CC1(COc2cccc(C3CNCCO3)c2)COC1. The zero-order valence-electron chi connectivity index (χ0n) is 11.4. The Morgan fingerprint density at radius 3 is 3.00 bits per heavy atom. The van der Waals surface area contributed by atoms with Crippen LogP contribution in [0.15, 0.2) is 24.3 Å². The molecule has 19 heavy (non-hydrogen) atoms. The molecule has 0 saturated carbocycles. The first kappa shape index (κ1) is 12.9. The van der Waals surface area contributed by atoms with Crippen molar-refractivity contribution in [3.8, 4) is 5.75 Å². The third kappa shape index (κ3) is 3.08. The van der Waals surface area contributed by atoms with E-state index in [9.17, 15) is 0 Å². The molecule has 0 amide bonds. The van der Waals surface area contributed by atoms with Gasteiger partial charge in [-0.05, 0) is 17.7 Å². The van der Waals surface area contributed by atoms with Gasteiger partial charge in [-0.1, -0.05) is 19.1 Å². The summed E-state index contributed by atoms with van der Waals surface area (Å²) in [5, 5.41) is 3.34. The summed E-state index contributed by atoms with van der Waals surface area (Å²) in [6.07, 6.45) is 0.139. The minimum absolute atomic E-state index is 0.139. The van der Waals surface area contributed by atoms with Crippen molar-refractivity contribution >= 4 is 0 Å². The number of benzene rings is 1. The van der Waals surface area contributed by atoms with Gasteiger partial charge in [0.15, 0.2) is 0 Å². The maximum Gasteiger partial charge on any atom is 0.119 e. The summed E-state index contributed by atoms with van der Waals surface area (Å²) in [6.45, 7) is 7.06. The molecule has 1 aromatic carbocycles. The molecule has 1 aromatic rings. The van der Waals surface area contributed by atoms with Crippen molar-refractivity contribution in [2.75, 3.05) is 39.5 Å². The normalized spacial score (nSPS) is 25.6. The molecule has 2 fully saturated rings. The third-order valence-corrected chi connectivity index (χ3v) is 3.65. The summed E-state index contributed by atoms with van der Waals surface area (Å²) in [7, 11) is 0.